The molecule has 152 valence electrons. The fourth-order valence-corrected chi connectivity index (χ4v) is 4.84. The second-order valence-electron chi connectivity index (χ2n) is 8.45. The van der Waals surface area contributed by atoms with Gasteiger partial charge in [0.2, 0.25) is 0 Å². The number of carbonyl (C=O) groups is 1. The summed E-state index contributed by atoms with van der Waals surface area (Å²) in [6.45, 7) is 2.92. The molecule has 2 unspecified atom stereocenters. The van der Waals surface area contributed by atoms with Crippen molar-refractivity contribution in [3.63, 3.8) is 0 Å². The molecule has 4 heteroatoms. The van der Waals surface area contributed by atoms with Crippen LogP contribution in [0.1, 0.15) is 16.7 Å². The van der Waals surface area contributed by atoms with E-state index in [0.29, 0.717) is 23.0 Å². The summed E-state index contributed by atoms with van der Waals surface area (Å²) in [7, 11) is 0. The number of benzene rings is 3. The second kappa shape index (κ2) is 7.71. The standard InChI is InChI=1S/C26H26N2O2/c29-25(26(30,20-12-6-2-7-13-20)21-14-8-3-9-15-21)27-24-22-17-28(18-23(22)24)16-19-10-4-1-5-11-19/h1-15,22-24,30H,16-18H2,(H,27,29). The molecule has 3 aromatic rings. The Morgan fingerprint density at radius 1 is 0.833 bits per heavy atom. The van der Waals surface area contributed by atoms with Gasteiger partial charge in [-0.25, -0.2) is 0 Å². The highest BCUT2D eigenvalue weighted by atomic mass is 16.3. The Kier molecular flexibility index (Phi) is 4.89. The summed E-state index contributed by atoms with van der Waals surface area (Å²) in [5.41, 5.74) is 0.806. The molecular weight excluding hydrogens is 372 g/mol. The first-order valence-corrected chi connectivity index (χ1v) is 10.6. The molecule has 1 heterocycles. The first-order chi connectivity index (χ1) is 14.7. The predicted molar refractivity (Wildman–Crippen MR) is 117 cm³/mol. The van der Waals surface area contributed by atoms with Crippen LogP contribution in [0.2, 0.25) is 0 Å². The zero-order valence-corrected chi connectivity index (χ0v) is 16.8. The largest absolute Gasteiger partial charge is 0.372 e. The highest BCUT2D eigenvalue weighted by Gasteiger charge is 2.57. The number of rotatable bonds is 6. The molecule has 30 heavy (non-hydrogen) atoms. The fourth-order valence-electron chi connectivity index (χ4n) is 4.84. The summed E-state index contributed by atoms with van der Waals surface area (Å²) >= 11 is 0. The lowest BCUT2D eigenvalue weighted by Gasteiger charge is -2.29. The van der Waals surface area contributed by atoms with Crippen LogP contribution >= 0.6 is 0 Å². The smallest absolute Gasteiger partial charge is 0.261 e. The van der Waals surface area contributed by atoms with Crippen LogP contribution in [0.3, 0.4) is 0 Å². The third kappa shape index (κ3) is 3.42. The Balaban J connectivity index is 1.28. The van der Waals surface area contributed by atoms with Crippen molar-refractivity contribution in [2.24, 2.45) is 11.8 Å². The van der Waals surface area contributed by atoms with Crippen molar-refractivity contribution >= 4 is 5.91 Å². The molecule has 2 fully saturated rings. The van der Waals surface area contributed by atoms with Crippen LogP contribution in [-0.2, 0) is 16.9 Å². The van der Waals surface area contributed by atoms with Gasteiger partial charge in [0, 0.05) is 25.7 Å². The highest BCUT2D eigenvalue weighted by molar-refractivity contribution is 5.90. The number of hydrogen-bond acceptors (Lipinski definition) is 3. The summed E-state index contributed by atoms with van der Waals surface area (Å²) in [6.07, 6.45) is 0. The number of likely N-dealkylation sites (tertiary alicyclic amines) is 1. The maximum Gasteiger partial charge on any atom is 0.261 e. The predicted octanol–water partition coefficient (Wildman–Crippen LogP) is 3.17. The Morgan fingerprint density at radius 2 is 1.30 bits per heavy atom. The molecule has 1 amide bonds. The van der Waals surface area contributed by atoms with Crippen LogP contribution in [0.15, 0.2) is 91.0 Å². The van der Waals surface area contributed by atoms with Crippen molar-refractivity contribution in [3.05, 3.63) is 108 Å². The quantitative estimate of drug-likeness (QED) is 0.671. The number of nitrogens with zero attached hydrogens (tertiary/aromatic N) is 1. The zero-order valence-electron chi connectivity index (χ0n) is 16.8. The van der Waals surface area contributed by atoms with Crippen molar-refractivity contribution in [2.45, 2.75) is 18.2 Å². The minimum Gasteiger partial charge on any atom is -0.372 e. The molecule has 0 radical (unpaired) electrons. The van der Waals surface area contributed by atoms with Gasteiger partial charge in [-0.15, -0.1) is 0 Å². The SMILES string of the molecule is O=C(NC1C2CN(Cc3ccccc3)CC21)C(O)(c1ccccc1)c1ccccc1. The summed E-state index contributed by atoms with van der Waals surface area (Å²) in [5, 5.41) is 14.7. The van der Waals surface area contributed by atoms with Crippen LogP contribution in [0.4, 0.5) is 0 Å². The van der Waals surface area contributed by atoms with Crippen LogP contribution < -0.4 is 5.32 Å². The summed E-state index contributed by atoms with van der Waals surface area (Å²) in [6, 6.07) is 29.0. The topological polar surface area (TPSA) is 52.6 Å². The summed E-state index contributed by atoms with van der Waals surface area (Å²) < 4.78 is 0. The molecule has 5 rings (SSSR count). The van der Waals surface area contributed by atoms with Gasteiger partial charge >= 0.3 is 0 Å². The molecule has 1 saturated carbocycles. The third-order valence-corrected chi connectivity index (χ3v) is 6.53. The number of hydrogen-bond donors (Lipinski definition) is 2. The van der Waals surface area contributed by atoms with Crippen LogP contribution in [0, 0.1) is 11.8 Å². The first kappa shape index (κ1) is 19.0. The number of amides is 1. The Hall–Kier alpha value is -2.95. The number of fused-ring (bicyclic) bond motifs is 1. The minimum atomic E-state index is -1.69. The van der Waals surface area contributed by atoms with Crippen molar-refractivity contribution < 1.29 is 9.90 Å². The van der Waals surface area contributed by atoms with Gasteiger partial charge in [0.25, 0.3) is 5.91 Å². The van der Waals surface area contributed by atoms with Crippen molar-refractivity contribution in [1.29, 1.82) is 0 Å². The molecule has 0 spiro atoms. The first-order valence-electron chi connectivity index (χ1n) is 10.6. The second-order valence-corrected chi connectivity index (χ2v) is 8.45. The molecule has 1 aliphatic carbocycles. The van der Waals surface area contributed by atoms with E-state index in [9.17, 15) is 9.90 Å². The lowest BCUT2D eigenvalue weighted by molar-refractivity contribution is -0.137. The molecule has 1 saturated heterocycles. The van der Waals surface area contributed by atoms with Crippen LogP contribution in [0.5, 0.6) is 0 Å². The van der Waals surface area contributed by atoms with E-state index in [1.807, 2.05) is 66.7 Å². The maximum atomic E-state index is 13.3. The monoisotopic (exact) mass is 398 g/mol. The van der Waals surface area contributed by atoms with E-state index in [1.165, 1.54) is 5.56 Å². The zero-order chi connectivity index (χ0) is 20.6. The highest BCUT2D eigenvalue weighted by Crippen LogP contribution is 2.46. The van der Waals surface area contributed by atoms with E-state index < -0.39 is 5.60 Å². The van der Waals surface area contributed by atoms with E-state index in [2.05, 4.69) is 34.5 Å². The lowest BCUT2D eigenvalue weighted by atomic mass is 9.85. The maximum absolute atomic E-state index is 13.3. The molecule has 2 atom stereocenters. The summed E-state index contributed by atoms with van der Waals surface area (Å²) in [5.74, 6) is 0.593. The van der Waals surface area contributed by atoms with Gasteiger partial charge in [-0.2, -0.15) is 0 Å². The van der Waals surface area contributed by atoms with Gasteiger partial charge in [-0.3, -0.25) is 9.69 Å². The van der Waals surface area contributed by atoms with Crippen LogP contribution in [0.25, 0.3) is 0 Å². The Labute approximate surface area is 177 Å². The normalized spacial score (nSPS) is 23.0. The van der Waals surface area contributed by atoms with Crippen molar-refractivity contribution in [2.75, 3.05) is 13.1 Å². The van der Waals surface area contributed by atoms with E-state index in [-0.39, 0.29) is 11.9 Å². The van der Waals surface area contributed by atoms with E-state index >= 15 is 0 Å². The number of carbonyl (C=O) groups excluding carboxylic acids is 1. The van der Waals surface area contributed by atoms with Gasteiger partial charge in [0.05, 0.1) is 0 Å². The van der Waals surface area contributed by atoms with Crippen LogP contribution in [-0.4, -0.2) is 35.0 Å². The molecule has 0 aromatic heterocycles. The van der Waals surface area contributed by atoms with Gasteiger partial charge in [-0.1, -0.05) is 91.0 Å². The molecular formula is C26H26N2O2. The van der Waals surface area contributed by atoms with Gasteiger partial charge < -0.3 is 10.4 Å². The number of piperidine rings is 1. The van der Waals surface area contributed by atoms with E-state index in [0.717, 1.165) is 19.6 Å². The lowest BCUT2D eigenvalue weighted by Crippen LogP contribution is -2.47. The third-order valence-electron chi connectivity index (χ3n) is 6.53. The minimum absolute atomic E-state index is 0.142. The van der Waals surface area contributed by atoms with Gasteiger partial charge in [0.15, 0.2) is 5.60 Å². The number of nitrogens with one attached hydrogen (secondary N) is 1. The van der Waals surface area contributed by atoms with E-state index in [4.69, 9.17) is 0 Å². The molecule has 2 N–H and O–H groups in total. The molecule has 0 bridgehead atoms. The van der Waals surface area contributed by atoms with Gasteiger partial charge in [-0.05, 0) is 28.5 Å². The van der Waals surface area contributed by atoms with Gasteiger partial charge in [0.1, 0.15) is 0 Å². The average Bonchev–Trinajstić information content (AvgIpc) is 3.24. The molecule has 1 aliphatic heterocycles. The van der Waals surface area contributed by atoms with Crippen molar-refractivity contribution in [1.82, 2.24) is 10.2 Å². The average molecular weight is 399 g/mol. The number of aliphatic hydroxyl groups is 1. The fraction of sp³-hybridized carbons (Fsp3) is 0.269. The summed E-state index contributed by atoms with van der Waals surface area (Å²) in [4.78, 5) is 15.8. The molecule has 3 aromatic carbocycles. The molecule has 2 aliphatic rings. The Morgan fingerprint density at radius 3 is 1.80 bits per heavy atom. The van der Waals surface area contributed by atoms with Crippen molar-refractivity contribution in [3.8, 4) is 0 Å². The Bertz CT molecular complexity index is 955. The van der Waals surface area contributed by atoms with E-state index in [1.54, 1.807) is 0 Å². The molecule has 4 nitrogen and oxygen atoms in total.